The summed E-state index contributed by atoms with van der Waals surface area (Å²) in [6.45, 7) is 7.42. The van der Waals surface area contributed by atoms with E-state index >= 15 is 0 Å². The van der Waals surface area contributed by atoms with Gasteiger partial charge in [0.1, 0.15) is 40.7 Å². The van der Waals surface area contributed by atoms with E-state index in [2.05, 4.69) is 34.0 Å². The highest BCUT2D eigenvalue weighted by atomic mass is 16.5. The molecule has 4 rings (SSSR count). The summed E-state index contributed by atoms with van der Waals surface area (Å²) in [5.41, 5.74) is 2.83. The van der Waals surface area contributed by atoms with Crippen LogP contribution in [0.5, 0.6) is 5.75 Å². The highest BCUT2D eigenvalue weighted by molar-refractivity contribution is 6.26. The molecule has 3 aromatic heterocycles. The zero-order chi connectivity index (χ0) is 21.8. The number of carbonyl (C=O) groups is 1. The average Bonchev–Trinajstić information content (AvgIpc) is 3.16. The first-order chi connectivity index (χ1) is 15.1. The molecule has 1 aliphatic carbocycles. The van der Waals surface area contributed by atoms with Gasteiger partial charge >= 0.3 is 0 Å². The fraction of sp³-hybridized carbons (Fsp3) is 0.348. The van der Waals surface area contributed by atoms with Crippen molar-refractivity contribution < 1.29 is 14.6 Å². The Morgan fingerprint density at radius 2 is 2.10 bits per heavy atom. The molecule has 2 N–H and O–H groups in total. The van der Waals surface area contributed by atoms with Gasteiger partial charge in [-0.2, -0.15) is 0 Å². The van der Waals surface area contributed by atoms with Crippen molar-refractivity contribution in [1.29, 1.82) is 0 Å². The summed E-state index contributed by atoms with van der Waals surface area (Å²) >= 11 is 0. The lowest BCUT2D eigenvalue weighted by molar-refractivity contribution is -0.111. The smallest absolute Gasteiger partial charge is 0.261 e. The van der Waals surface area contributed by atoms with Crippen molar-refractivity contribution in [3.63, 3.8) is 0 Å². The van der Waals surface area contributed by atoms with Crippen LogP contribution in [0.15, 0.2) is 48.6 Å². The summed E-state index contributed by atoms with van der Waals surface area (Å²) in [6.07, 6.45) is 6.10. The number of anilines is 1. The first-order valence-corrected chi connectivity index (χ1v) is 10.6. The van der Waals surface area contributed by atoms with Crippen molar-refractivity contribution in [1.82, 2.24) is 19.3 Å². The maximum atomic E-state index is 13.2. The van der Waals surface area contributed by atoms with Crippen LogP contribution >= 0.6 is 0 Å². The molecule has 3 aromatic rings. The molecule has 3 heterocycles. The second-order valence-electron chi connectivity index (χ2n) is 7.36. The highest BCUT2D eigenvalue weighted by Crippen LogP contribution is 2.32. The van der Waals surface area contributed by atoms with Crippen LogP contribution in [0.1, 0.15) is 31.7 Å². The number of carbonyl (C=O) groups excluding carboxylic acids is 1. The number of aromatic nitrogens is 3. The van der Waals surface area contributed by atoms with Crippen LogP contribution in [-0.2, 0) is 11.2 Å². The SMILES string of the molecule is CCN(CC)CCOc1ccncc1NC(=O)C1=C(O)CCc2c1nc1ccccn21. The topological polar surface area (TPSA) is 92.0 Å². The summed E-state index contributed by atoms with van der Waals surface area (Å²) in [4.78, 5) is 24.1. The van der Waals surface area contributed by atoms with Crippen LogP contribution in [0.25, 0.3) is 11.2 Å². The number of nitrogens with one attached hydrogen (secondary N) is 1. The van der Waals surface area contributed by atoms with Gasteiger partial charge in [0.05, 0.1) is 11.9 Å². The minimum atomic E-state index is -0.427. The zero-order valence-electron chi connectivity index (χ0n) is 17.8. The van der Waals surface area contributed by atoms with Crippen molar-refractivity contribution >= 4 is 22.8 Å². The molecule has 162 valence electrons. The summed E-state index contributed by atoms with van der Waals surface area (Å²) < 4.78 is 7.87. The molecule has 0 bridgehead atoms. The fourth-order valence-electron chi connectivity index (χ4n) is 3.83. The second-order valence-corrected chi connectivity index (χ2v) is 7.36. The number of aryl methyl sites for hydroxylation is 1. The Hall–Kier alpha value is -3.39. The number of hydrogen-bond donors (Lipinski definition) is 2. The van der Waals surface area contributed by atoms with Crippen LogP contribution < -0.4 is 10.1 Å². The largest absolute Gasteiger partial charge is 0.511 e. The van der Waals surface area contributed by atoms with Gasteiger partial charge in [0, 0.05) is 31.4 Å². The molecule has 0 aliphatic heterocycles. The molecular weight excluding hydrogens is 394 g/mol. The number of allylic oxidation sites excluding steroid dienone is 1. The first-order valence-electron chi connectivity index (χ1n) is 10.6. The van der Waals surface area contributed by atoms with Gasteiger partial charge in [0.25, 0.3) is 5.91 Å². The number of nitrogens with zero attached hydrogens (tertiary/aromatic N) is 4. The monoisotopic (exact) mass is 421 g/mol. The van der Waals surface area contributed by atoms with Gasteiger partial charge in [0.15, 0.2) is 0 Å². The van der Waals surface area contributed by atoms with Gasteiger partial charge in [-0.3, -0.25) is 9.78 Å². The van der Waals surface area contributed by atoms with Gasteiger partial charge < -0.3 is 24.5 Å². The van der Waals surface area contributed by atoms with Crippen LogP contribution in [0.4, 0.5) is 5.69 Å². The fourth-order valence-corrected chi connectivity index (χ4v) is 3.83. The summed E-state index contributed by atoms with van der Waals surface area (Å²) in [5.74, 6) is 0.159. The predicted octanol–water partition coefficient (Wildman–Crippen LogP) is 3.30. The third-order valence-electron chi connectivity index (χ3n) is 5.57. The van der Waals surface area contributed by atoms with Gasteiger partial charge in [-0.15, -0.1) is 0 Å². The van der Waals surface area contributed by atoms with E-state index in [-0.39, 0.29) is 11.3 Å². The number of ether oxygens (including phenoxy) is 1. The lowest BCUT2D eigenvalue weighted by Crippen LogP contribution is -2.28. The molecule has 31 heavy (non-hydrogen) atoms. The number of pyridine rings is 2. The first kappa shape index (κ1) is 20.9. The number of hydrogen-bond acceptors (Lipinski definition) is 6. The van der Waals surface area contributed by atoms with Crippen LogP contribution in [0, 0.1) is 0 Å². The van der Waals surface area contributed by atoms with E-state index in [0.717, 1.165) is 31.0 Å². The van der Waals surface area contributed by atoms with Crippen molar-refractivity contribution in [2.24, 2.45) is 0 Å². The molecule has 1 amide bonds. The Morgan fingerprint density at radius 3 is 2.90 bits per heavy atom. The molecule has 0 saturated heterocycles. The molecule has 0 atom stereocenters. The molecule has 1 aliphatic rings. The summed E-state index contributed by atoms with van der Waals surface area (Å²) in [6, 6.07) is 7.43. The number of fused-ring (bicyclic) bond motifs is 3. The molecule has 8 heteroatoms. The standard InChI is InChI=1S/C23H27N5O3/c1-3-27(4-2)13-14-31-19-10-11-24-15-16(19)25-23(30)21-18(29)9-8-17-22(21)26-20-7-5-6-12-28(17)20/h5-7,10-12,15,29H,3-4,8-9,13-14H2,1-2H3,(H,25,30). The van der Waals surface area contributed by atoms with E-state index in [1.165, 1.54) is 0 Å². The normalized spacial score (nSPS) is 13.5. The van der Waals surface area contributed by atoms with Gasteiger partial charge in [-0.05, 0) is 31.6 Å². The number of aliphatic hydroxyl groups excluding tert-OH is 1. The third-order valence-corrected chi connectivity index (χ3v) is 5.57. The van der Waals surface area contributed by atoms with Crippen molar-refractivity contribution in [3.8, 4) is 5.75 Å². The van der Waals surface area contributed by atoms with E-state index in [1.807, 2.05) is 28.8 Å². The van der Waals surface area contributed by atoms with Crippen molar-refractivity contribution in [3.05, 3.63) is 60.0 Å². The van der Waals surface area contributed by atoms with E-state index in [1.54, 1.807) is 18.5 Å². The summed E-state index contributed by atoms with van der Waals surface area (Å²) in [5, 5.41) is 13.4. The molecule has 0 unspecified atom stereocenters. The average molecular weight is 422 g/mol. The van der Waals surface area contributed by atoms with Crippen molar-refractivity contribution in [2.45, 2.75) is 26.7 Å². The molecule has 8 nitrogen and oxygen atoms in total. The van der Waals surface area contributed by atoms with E-state index in [9.17, 15) is 9.90 Å². The maximum absolute atomic E-state index is 13.2. The van der Waals surface area contributed by atoms with Crippen LogP contribution in [0.3, 0.4) is 0 Å². The minimum Gasteiger partial charge on any atom is -0.511 e. The predicted molar refractivity (Wildman–Crippen MR) is 119 cm³/mol. The second kappa shape index (κ2) is 9.18. The number of rotatable bonds is 8. The third kappa shape index (κ3) is 4.25. The van der Waals surface area contributed by atoms with Crippen LogP contribution in [0.2, 0.25) is 0 Å². The summed E-state index contributed by atoms with van der Waals surface area (Å²) in [7, 11) is 0. The lowest BCUT2D eigenvalue weighted by atomic mass is 9.97. The Kier molecular flexibility index (Phi) is 6.18. The molecule has 0 spiro atoms. The highest BCUT2D eigenvalue weighted by Gasteiger charge is 2.29. The number of amides is 1. The quantitative estimate of drug-likeness (QED) is 0.580. The van der Waals surface area contributed by atoms with Crippen LogP contribution in [-0.4, -0.2) is 56.5 Å². The number of likely N-dealkylation sites (N-methyl/N-ethyl adjacent to an activating group) is 1. The maximum Gasteiger partial charge on any atom is 0.261 e. The Balaban J connectivity index is 1.55. The van der Waals surface area contributed by atoms with Gasteiger partial charge in [0.2, 0.25) is 0 Å². The zero-order valence-corrected chi connectivity index (χ0v) is 17.8. The van der Waals surface area contributed by atoms with Gasteiger partial charge in [-0.25, -0.2) is 4.98 Å². The Morgan fingerprint density at radius 1 is 1.26 bits per heavy atom. The van der Waals surface area contributed by atoms with Gasteiger partial charge in [-0.1, -0.05) is 19.9 Å². The van der Waals surface area contributed by atoms with E-state index < -0.39 is 5.91 Å². The Labute approximate surface area is 181 Å². The molecule has 0 radical (unpaired) electrons. The van der Waals surface area contributed by atoms with E-state index in [0.29, 0.717) is 36.6 Å². The Bertz CT molecular complexity index is 1120. The van der Waals surface area contributed by atoms with E-state index in [4.69, 9.17) is 4.74 Å². The molecular formula is C23H27N5O3. The number of imidazole rings is 1. The lowest BCUT2D eigenvalue weighted by Gasteiger charge is -2.19. The molecule has 0 fully saturated rings. The number of aliphatic hydroxyl groups is 1. The van der Waals surface area contributed by atoms with Crippen molar-refractivity contribution in [2.75, 3.05) is 31.6 Å². The minimum absolute atomic E-state index is 0.0429. The molecule has 0 aromatic carbocycles. The molecule has 0 saturated carbocycles.